The highest BCUT2D eigenvalue weighted by molar-refractivity contribution is 7.13. The van der Waals surface area contributed by atoms with Crippen molar-refractivity contribution in [1.82, 2.24) is 15.5 Å². The van der Waals surface area contributed by atoms with Crippen LogP contribution in [0.5, 0.6) is 0 Å². The second-order valence-electron chi connectivity index (χ2n) is 4.99. The zero-order valence-electron chi connectivity index (χ0n) is 11.4. The molecule has 2 heterocycles. The Morgan fingerprint density at radius 1 is 1.53 bits per heavy atom. The summed E-state index contributed by atoms with van der Waals surface area (Å²) in [4.78, 5) is 1.20. The van der Waals surface area contributed by atoms with E-state index in [2.05, 4.69) is 40.8 Å². The fraction of sp³-hybridized carbons (Fsp3) is 0.500. The van der Waals surface area contributed by atoms with Gasteiger partial charge in [-0.25, -0.2) is 0 Å². The van der Waals surface area contributed by atoms with E-state index < -0.39 is 0 Å². The molecule has 104 valence electrons. The smallest absolute Gasteiger partial charge is 0.0794 e. The van der Waals surface area contributed by atoms with Gasteiger partial charge in [0.25, 0.3) is 0 Å². The fourth-order valence-corrected chi connectivity index (χ4v) is 2.78. The maximum Gasteiger partial charge on any atom is 0.0794 e. The van der Waals surface area contributed by atoms with E-state index in [-0.39, 0.29) is 12.1 Å². The number of aromatic amines is 1. The molecule has 5 heteroatoms. The van der Waals surface area contributed by atoms with Crippen molar-refractivity contribution in [2.45, 2.75) is 38.8 Å². The van der Waals surface area contributed by atoms with Crippen molar-refractivity contribution in [1.29, 1.82) is 0 Å². The van der Waals surface area contributed by atoms with E-state index >= 15 is 0 Å². The van der Waals surface area contributed by atoms with E-state index in [9.17, 15) is 0 Å². The van der Waals surface area contributed by atoms with Crippen molar-refractivity contribution < 1.29 is 5.11 Å². The lowest BCUT2D eigenvalue weighted by molar-refractivity contribution is 0.214. The van der Waals surface area contributed by atoms with Gasteiger partial charge in [-0.05, 0) is 31.2 Å². The lowest BCUT2D eigenvalue weighted by Gasteiger charge is -2.29. The van der Waals surface area contributed by atoms with Crippen molar-refractivity contribution in [3.05, 3.63) is 29.3 Å². The van der Waals surface area contributed by atoms with E-state index in [1.165, 1.54) is 10.4 Å². The van der Waals surface area contributed by atoms with Crippen LogP contribution in [0, 0.1) is 0 Å². The average molecular weight is 279 g/mol. The van der Waals surface area contributed by atoms with Gasteiger partial charge >= 0.3 is 0 Å². The first-order valence-electron chi connectivity index (χ1n) is 6.60. The lowest BCUT2D eigenvalue weighted by atomic mass is 9.94. The first kappa shape index (κ1) is 14.2. The number of hydrogen-bond acceptors (Lipinski definition) is 4. The van der Waals surface area contributed by atoms with Gasteiger partial charge in [-0.1, -0.05) is 13.0 Å². The van der Waals surface area contributed by atoms with Crippen LogP contribution in [0.15, 0.2) is 23.7 Å². The summed E-state index contributed by atoms with van der Waals surface area (Å²) in [5.41, 5.74) is 2.23. The van der Waals surface area contributed by atoms with Gasteiger partial charge in [0.15, 0.2) is 0 Å². The summed E-state index contributed by atoms with van der Waals surface area (Å²) in [5.74, 6) is 0. The highest BCUT2D eigenvalue weighted by Crippen LogP contribution is 2.26. The predicted molar refractivity (Wildman–Crippen MR) is 79.1 cm³/mol. The molecule has 0 aliphatic rings. The van der Waals surface area contributed by atoms with Gasteiger partial charge in [0, 0.05) is 24.3 Å². The number of rotatable bonds is 7. The van der Waals surface area contributed by atoms with E-state index in [4.69, 9.17) is 5.11 Å². The second kappa shape index (κ2) is 6.32. The number of H-pyrrole nitrogens is 1. The number of nitrogens with one attached hydrogen (secondary N) is 2. The van der Waals surface area contributed by atoms with Gasteiger partial charge in [0.05, 0.1) is 16.8 Å². The topological polar surface area (TPSA) is 60.9 Å². The van der Waals surface area contributed by atoms with Gasteiger partial charge in [-0.2, -0.15) is 5.10 Å². The summed E-state index contributed by atoms with van der Waals surface area (Å²) >= 11 is 1.71. The molecule has 2 aromatic heterocycles. The number of hydrogen-bond donors (Lipinski definition) is 3. The molecule has 0 radical (unpaired) electrons. The standard InChI is InChI=1S/C14H21N3OS/c1-3-14(2,6-7-18)15-9-11-10-16-17-13(11)12-5-4-8-19-12/h4-5,8,10,15,18H,3,6-7,9H2,1-2H3,(H,16,17). The minimum absolute atomic E-state index is 0.0290. The Bertz CT molecular complexity index is 495. The summed E-state index contributed by atoms with van der Waals surface area (Å²) in [6.07, 6.45) is 3.62. The normalized spacial score (nSPS) is 14.5. The van der Waals surface area contributed by atoms with Crippen LogP contribution in [0.3, 0.4) is 0 Å². The van der Waals surface area contributed by atoms with Gasteiger partial charge in [-0.3, -0.25) is 5.10 Å². The Labute approximate surface area is 117 Å². The maximum absolute atomic E-state index is 9.14. The summed E-state index contributed by atoms with van der Waals surface area (Å²) in [5, 5.41) is 21.9. The van der Waals surface area contributed by atoms with E-state index in [0.717, 1.165) is 25.1 Å². The average Bonchev–Trinajstić information content (AvgIpc) is 3.07. The van der Waals surface area contributed by atoms with Crippen molar-refractivity contribution in [3.8, 4) is 10.6 Å². The molecule has 0 aliphatic carbocycles. The third-order valence-corrected chi connectivity index (χ3v) is 4.52. The molecule has 0 amide bonds. The summed E-state index contributed by atoms with van der Waals surface area (Å²) in [6, 6.07) is 4.13. The van der Waals surface area contributed by atoms with Crippen LogP contribution in [0.2, 0.25) is 0 Å². The zero-order chi connectivity index (χ0) is 13.7. The molecule has 4 nitrogen and oxygen atoms in total. The van der Waals surface area contributed by atoms with Crippen LogP contribution in [-0.2, 0) is 6.54 Å². The molecule has 0 saturated heterocycles. The molecule has 1 atom stereocenters. The van der Waals surface area contributed by atoms with Gasteiger partial charge in [-0.15, -0.1) is 11.3 Å². The van der Waals surface area contributed by atoms with Crippen LogP contribution in [0.4, 0.5) is 0 Å². The molecule has 3 N–H and O–H groups in total. The molecule has 19 heavy (non-hydrogen) atoms. The lowest BCUT2D eigenvalue weighted by Crippen LogP contribution is -2.42. The molecule has 2 rings (SSSR count). The minimum atomic E-state index is -0.0290. The maximum atomic E-state index is 9.14. The van der Waals surface area contributed by atoms with Crippen molar-refractivity contribution in [3.63, 3.8) is 0 Å². The molecular formula is C14H21N3OS. The van der Waals surface area contributed by atoms with Crippen LogP contribution < -0.4 is 5.32 Å². The molecule has 1 unspecified atom stereocenters. The van der Waals surface area contributed by atoms with Crippen LogP contribution in [0.1, 0.15) is 32.3 Å². The fourth-order valence-electron chi connectivity index (χ4n) is 2.02. The Balaban J connectivity index is 2.06. The Kier molecular flexibility index (Phi) is 4.74. The molecule has 0 fully saturated rings. The summed E-state index contributed by atoms with van der Waals surface area (Å²) in [6.45, 7) is 5.25. The number of nitrogens with zero attached hydrogens (tertiary/aromatic N) is 1. The Hall–Kier alpha value is -1.17. The van der Waals surface area contributed by atoms with Crippen molar-refractivity contribution >= 4 is 11.3 Å². The Morgan fingerprint density at radius 3 is 3.00 bits per heavy atom. The van der Waals surface area contributed by atoms with Gasteiger partial charge in [0.1, 0.15) is 0 Å². The number of thiophene rings is 1. The monoisotopic (exact) mass is 279 g/mol. The van der Waals surface area contributed by atoms with E-state index in [1.807, 2.05) is 12.3 Å². The van der Waals surface area contributed by atoms with E-state index in [1.54, 1.807) is 11.3 Å². The zero-order valence-corrected chi connectivity index (χ0v) is 12.3. The molecule has 0 aromatic carbocycles. The first-order valence-corrected chi connectivity index (χ1v) is 7.48. The molecular weight excluding hydrogens is 258 g/mol. The predicted octanol–water partition coefficient (Wildman–Crippen LogP) is 2.78. The highest BCUT2D eigenvalue weighted by Gasteiger charge is 2.21. The molecule has 0 aliphatic heterocycles. The quantitative estimate of drug-likeness (QED) is 0.730. The number of aliphatic hydroxyl groups excluding tert-OH is 1. The summed E-state index contributed by atoms with van der Waals surface area (Å²) in [7, 11) is 0. The van der Waals surface area contributed by atoms with Gasteiger partial charge in [0.2, 0.25) is 0 Å². The van der Waals surface area contributed by atoms with Crippen LogP contribution in [-0.4, -0.2) is 27.4 Å². The first-order chi connectivity index (χ1) is 9.18. The summed E-state index contributed by atoms with van der Waals surface area (Å²) < 4.78 is 0. The minimum Gasteiger partial charge on any atom is -0.396 e. The number of aliphatic hydroxyl groups is 1. The second-order valence-corrected chi connectivity index (χ2v) is 5.94. The van der Waals surface area contributed by atoms with Crippen molar-refractivity contribution in [2.75, 3.05) is 6.61 Å². The Morgan fingerprint density at radius 2 is 2.37 bits per heavy atom. The van der Waals surface area contributed by atoms with Crippen molar-refractivity contribution in [2.24, 2.45) is 0 Å². The number of aromatic nitrogens is 2. The third-order valence-electron chi connectivity index (χ3n) is 3.63. The molecule has 0 saturated carbocycles. The van der Waals surface area contributed by atoms with Crippen LogP contribution >= 0.6 is 11.3 Å². The molecule has 0 spiro atoms. The van der Waals surface area contributed by atoms with Crippen LogP contribution in [0.25, 0.3) is 10.6 Å². The molecule has 0 bridgehead atoms. The largest absolute Gasteiger partial charge is 0.396 e. The molecule has 2 aromatic rings. The van der Waals surface area contributed by atoms with Gasteiger partial charge < -0.3 is 10.4 Å². The highest BCUT2D eigenvalue weighted by atomic mass is 32.1. The van der Waals surface area contributed by atoms with E-state index in [0.29, 0.717) is 0 Å². The third kappa shape index (κ3) is 3.43. The SMILES string of the molecule is CCC(C)(CCO)NCc1cn[nH]c1-c1cccs1.